The Morgan fingerprint density at radius 1 is 0.967 bits per heavy atom. The first-order valence-corrected chi connectivity index (χ1v) is 10.5. The molecule has 5 heteroatoms. The Morgan fingerprint density at radius 2 is 1.63 bits per heavy atom. The summed E-state index contributed by atoms with van der Waals surface area (Å²) in [4.78, 5) is 17.2. The number of nitrogen functional groups attached to an aromatic ring is 1. The molecule has 3 aromatic rings. The molecule has 1 saturated heterocycles. The fourth-order valence-electron chi connectivity index (χ4n) is 4.11. The Kier molecular flexibility index (Phi) is 5.81. The lowest BCUT2D eigenvalue weighted by atomic mass is 10.0. The smallest absolute Gasteiger partial charge is 0.253 e. The van der Waals surface area contributed by atoms with Crippen LogP contribution in [0.1, 0.15) is 23.2 Å². The van der Waals surface area contributed by atoms with Gasteiger partial charge in [-0.05, 0) is 57.3 Å². The van der Waals surface area contributed by atoms with Gasteiger partial charge in [0.1, 0.15) is 0 Å². The summed E-state index contributed by atoms with van der Waals surface area (Å²) in [5.74, 6) is 0.118. The highest BCUT2D eigenvalue weighted by Crippen LogP contribution is 2.21. The van der Waals surface area contributed by atoms with Gasteiger partial charge in [0.2, 0.25) is 11.4 Å². The molecule has 5 nitrogen and oxygen atoms in total. The van der Waals surface area contributed by atoms with E-state index in [0.717, 1.165) is 48.4 Å². The number of piperidine rings is 1. The maximum Gasteiger partial charge on any atom is 0.253 e. The summed E-state index contributed by atoms with van der Waals surface area (Å²) < 4.78 is 2.08. The van der Waals surface area contributed by atoms with E-state index in [1.54, 1.807) is 0 Å². The Bertz CT molecular complexity index is 1010. The zero-order chi connectivity index (χ0) is 21.1. The summed E-state index contributed by atoms with van der Waals surface area (Å²) in [7, 11) is 4.22. The van der Waals surface area contributed by atoms with E-state index in [1.165, 1.54) is 0 Å². The van der Waals surface area contributed by atoms with Crippen molar-refractivity contribution in [3.05, 3.63) is 78.5 Å². The minimum atomic E-state index is 0.118. The molecular formula is C25H29N4O+. The molecule has 1 amide bonds. The van der Waals surface area contributed by atoms with Crippen molar-refractivity contribution in [2.45, 2.75) is 18.9 Å². The monoisotopic (exact) mass is 401 g/mol. The second-order valence-electron chi connectivity index (χ2n) is 8.12. The molecule has 2 N–H and O–H groups in total. The molecule has 2 aromatic carbocycles. The number of anilines is 1. The number of aromatic nitrogens is 1. The molecule has 0 bridgehead atoms. The number of benzene rings is 2. The van der Waals surface area contributed by atoms with Crippen molar-refractivity contribution >= 4 is 11.6 Å². The fraction of sp³-hybridized carbons (Fsp3) is 0.280. The van der Waals surface area contributed by atoms with Gasteiger partial charge >= 0.3 is 0 Å². The summed E-state index contributed by atoms with van der Waals surface area (Å²) >= 11 is 0. The standard InChI is InChI=1S/C25H28N4O/c1-27(2)22-14-16-28(17-15-22)25(30)20-10-8-19(9-11-20)24-13-12-21(26)18-29(24)23-6-4-3-5-7-23/h3-13,18,22H,14-17H2,1-2H3,(H-,26,30)/p+1. The van der Waals surface area contributed by atoms with Crippen LogP contribution in [0, 0.1) is 0 Å². The van der Waals surface area contributed by atoms with Crippen molar-refractivity contribution in [1.82, 2.24) is 9.80 Å². The van der Waals surface area contributed by atoms with Gasteiger partial charge in [0.15, 0.2) is 6.20 Å². The van der Waals surface area contributed by atoms with Gasteiger partial charge in [-0.2, -0.15) is 4.57 Å². The molecule has 0 unspecified atom stereocenters. The highest BCUT2D eigenvalue weighted by Gasteiger charge is 2.25. The third-order valence-electron chi connectivity index (χ3n) is 5.92. The Morgan fingerprint density at radius 3 is 2.27 bits per heavy atom. The molecule has 2 heterocycles. The Labute approximate surface area is 178 Å². The number of hydrogen-bond donors (Lipinski definition) is 1. The molecule has 0 atom stereocenters. The van der Waals surface area contributed by atoms with Crippen molar-refractivity contribution in [2.75, 3.05) is 32.9 Å². The molecule has 0 radical (unpaired) electrons. The molecule has 1 aromatic heterocycles. The van der Waals surface area contributed by atoms with Gasteiger partial charge in [0, 0.05) is 48.5 Å². The molecule has 1 fully saturated rings. The van der Waals surface area contributed by atoms with Crippen LogP contribution in [0.15, 0.2) is 72.9 Å². The molecular weight excluding hydrogens is 372 g/mol. The van der Waals surface area contributed by atoms with Gasteiger partial charge in [-0.1, -0.05) is 18.2 Å². The number of para-hydroxylation sites is 1. The van der Waals surface area contributed by atoms with E-state index >= 15 is 0 Å². The number of rotatable bonds is 4. The van der Waals surface area contributed by atoms with Crippen LogP contribution in [0.3, 0.4) is 0 Å². The number of carbonyl (C=O) groups is 1. The SMILES string of the molecule is CN(C)C1CCN(C(=O)c2ccc(-c3ccc(N)c[n+]3-c3ccccc3)cc2)CC1. The van der Waals surface area contributed by atoms with Crippen LogP contribution in [-0.4, -0.2) is 48.9 Å². The minimum Gasteiger partial charge on any atom is -0.394 e. The van der Waals surface area contributed by atoms with E-state index in [1.807, 2.05) is 65.7 Å². The topological polar surface area (TPSA) is 53.5 Å². The normalized spacial score (nSPS) is 14.8. The zero-order valence-corrected chi connectivity index (χ0v) is 17.7. The number of likely N-dealkylation sites (tertiary alicyclic amines) is 1. The number of hydrogen-bond acceptors (Lipinski definition) is 3. The fourth-order valence-corrected chi connectivity index (χ4v) is 4.11. The van der Waals surface area contributed by atoms with Crippen molar-refractivity contribution in [3.8, 4) is 16.9 Å². The molecule has 154 valence electrons. The maximum atomic E-state index is 12.9. The van der Waals surface area contributed by atoms with Crippen LogP contribution in [-0.2, 0) is 0 Å². The van der Waals surface area contributed by atoms with Gasteiger partial charge < -0.3 is 15.5 Å². The van der Waals surface area contributed by atoms with Crippen LogP contribution < -0.4 is 10.3 Å². The second-order valence-corrected chi connectivity index (χ2v) is 8.12. The summed E-state index contributed by atoms with van der Waals surface area (Å²) in [6.07, 6.45) is 3.98. The summed E-state index contributed by atoms with van der Waals surface area (Å²) in [6.45, 7) is 1.63. The van der Waals surface area contributed by atoms with Gasteiger partial charge in [-0.25, -0.2) is 0 Å². The first kappa shape index (κ1) is 20.1. The van der Waals surface area contributed by atoms with Gasteiger partial charge in [-0.15, -0.1) is 0 Å². The third kappa shape index (κ3) is 4.21. The van der Waals surface area contributed by atoms with E-state index in [4.69, 9.17) is 5.73 Å². The van der Waals surface area contributed by atoms with Crippen molar-refractivity contribution < 1.29 is 9.36 Å². The van der Waals surface area contributed by atoms with Gasteiger partial charge in [-0.3, -0.25) is 4.79 Å². The van der Waals surface area contributed by atoms with E-state index in [2.05, 4.69) is 35.7 Å². The summed E-state index contributed by atoms with van der Waals surface area (Å²) in [6, 6.07) is 22.5. The average Bonchev–Trinajstić information content (AvgIpc) is 2.79. The van der Waals surface area contributed by atoms with Crippen LogP contribution in [0.5, 0.6) is 0 Å². The van der Waals surface area contributed by atoms with Gasteiger partial charge in [0.05, 0.1) is 5.69 Å². The predicted octanol–water partition coefficient (Wildman–Crippen LogP) is 3.38. The largest absolute Gasteiger partial charge is 0.394 e. The van der Waals surface area contributed by atoms with Crippen LogP contribution in [0.25, 0.3) is 16.9 Å². The third-order valence-corrected chi connectivity index (χ3v) is 5.92. The van der Waals surface area contributed by atoms with Crippen molar-refractivity contribution in [1.29, 1.82) is 0 Å². The highest BCUT2D eigenvalue weighted by atomic mass is 16.2. The van der Waals surface area contributed by atoms with Gasteiger partial charge in [0.25, 0.3) is 5.91 Å². The van der Waals surface area contributed by atoms with Crippen LogP contribution >= 0.6 is 0 Å². The lowest BCUT2D eigenvalue weighted by Gasteiger charge is -2.35. The first-order chi connectivity index (χ1) is 14.5. The molecule has 0 aliphatic carbocycles. The quantitative estimate of drug-likeness (QED) is 0.682. The molecule has 1 aliphatic heterocycles. The minimum absolute atomic E-state index is 0.118. The lowest BCUT2D eigenvalue weighted by molar-refractivity contribution is -0.583. The number of nitrogens with zero attached hydrogens (tertiary/aromatic N) is 3. The number of nitrogens with two attached hydrogens (primary N) is 1. The van der Waals surface area contributed by atoms with E-state index in [-0.39, 0.29) is 5.91 Å². The predicted molar refractivity (Wildman–Crippen MR) is 120 cm³/mol. The lowest BCUT2D eigenvalue weighted by Crippen LogP contribution is -2.44. The highest BCUT2D eigenvalue weighted by molar-refractivity contribution is 5.94. The molecule has 0 saturated carbocycles. The number of pyridine rings is 1. The van der Waals surface area contributed by atoms with Crippen molar-refractivity contribution in [2.24, 2.45) is 0 Å². The molecule has 0 spiro atoms. The second kappa shape index (κ2) is 8.67. The first-order valence-electron chi connectivity index (χ1n) is 10.5. The molecule has 1 aliphatic rings. The van der Waals surface area contributed by atoms with Crippen molar-refractivity contribution in [3.63, 3.8) is 0 Å². The molecule has 4 rings (SSSR count). The van der Waals surface area contributed by atoms with E-state index in [9.17, 15) is 4.79 Å². The number of amides is 1. The number of carbonyl (C=O) groups excluding carboxylic acids is 1. The van der Waals surface area contributed by atoms with Crippen LogP contribution in [0.2, 0.25) is 0 Å². The molecule has 30 heavy (non-hydrogen) atoms. The zero-order valence-electron chi connectivity index (χ0n) is 17.7. The summed E-state index contributed by atoms with van der Waals surface area (Å²) in [5, 5.41) is 0. The average molecular weight is 402 g/mol. The van der Waals surface area contributed by atoms with Crippen LogP contribution in [0.4, 0.5) is 5.69 Å². The Balaban J connectivity index is 1.56. The summed E-state index contributed by atoms with van der Waals surface area (Å²) in [5.41, 5.74) is 10.6. The van der Waals surface area contributed by atoms with E-state index in [0.29, 0.717) is 11.7 Å². The Hall–Kier alpha value is -3.18. The maximum absolute atomic E-state index is 12.9. The van der Waals surface area contributed by atoms with E-state index < -0.39 is 0 Å².